The molecule has 0 aliphatic carbocycles. The Labute approximate surface area is 190 Å². The van der Waals surface area contributed by atoms with Crippen LogP contribution in [0.15, 0.2) is 0 Å². The van der Waals surface area contributed by atoms with Gasteiger partial charge in [-0.2, -0.15) is 8.42 Å². The van der Waals surface area contributed by atoms with Gasteiger partial charge in [-0.1, -0.05) is 64.7 Å². The molecule has 0 aliphatic rings. The Morgan fingerprint density at radius 3 is 1.71 bits per heavy atom. The molecule has 0 bridgehead atoms. The minimum absolute atomic E-state index is 0. The van der Waals surface area contributed by atoms with Crippen LogP contribution in [0.2, 0.25) is 0 Å². The summed E-state index contributed by atoms with van der Waals surface area (Å²) in [5, 5.41) is 8.59. The molecule has 0 saturated carbocycles. The first-order valence-electron chi connectivity index (χ1n) is 9.41. The predicted molar refractivity (Wildman–Crippen MR) is 109 cm³/mol. The van der Waals surface area contributed by atoms with Gasteiger partial charge in [0.1, 0.15) is 6.04 Å². The van der Waals surface area contributed by atoms with Gasteiger partial charge < -0.3 is 15.6 Å². The molecule has 0 radical (unpaired) electrons. The van der Waals surface area contributed by atoms with Gasteiger partial charge in [0.2, 0.25) is 0 Å². The van der Waals surface area contributed by atoms with Crippen molar-refractivity contribution in [2.45, 2.75) is 90.0 Å². The molecule has 0 amide bonds. The fourth-order valence-corrected chi connectivity index (χ4v) is 2.24. The first kappa shape index (κ1) is 32.4. The van der Waals surface area contributed by atoms with Gasteiger partial charge in [0.25, 0.3) is 0 Å². The Kier molecular flexibility index (Phi) is 24.9. The van der Waals surface area contributed by atoms with Crippen LogP contribution in [0.4, 0.5) is 0 Å². The van der Waals surface area contributed by atoms with Crippen LogP contribution < -0.4 is 5.73 Å². The molecule has 0 aromatic carbocycles. The van der Waals surface area contributed by atoms with Gasteiger partial charge >= 0.3 is 51.9 Å². The van der Waals surface area contributed by atoms with Gasteiger partial charge in [-0.15, -0.1) is 0 Å². The van der Waals surface area contributed by atoms with Crippen LogP contribution in [0.3, 0.4) is 0 Å². The van der Waals surface area contributed by atoms with Crippen LogP contribution in [-0.2, 0) is 24.7 Å². The third kappa shape index (κ3) is 33.4. The zero-order valence-corrected chi connectivity index (χ0v) is 17.0. The van der Waals surface area contributed by atoms with Crippen LogP contribution in [0.1, 0.15) is 84.0 Å². The zero-order valence-electron chi connectivity index (χ0n) is 16.1. The monoisotopic (exact) mass is 437 g/mol. The zero-order chi connectivity index (χ0) is 21.1. The molecule has 0 saturated heterocycles. The van der Waals surface area contributed by atoms with E-state index in [1.54, 1.807) is 0 Å². The molecule has 0 spiro atoms. The van der Waals surface area contributed by atoms with Crippen molar-refractivity contribution in [3.8, 4) is 0 Å². The number of hydrogen-bond donors (Lipinski definition) is 4. The molecule has 11 heteroatoms. The van der Waals surface area contributed by atoms with E-state index in [2.05, 4.69) is 6.92 Å². The second-order valence-corrected chi connectivity index (χ2v) is 7.23. The summed E-state index contributed by atoms with van der Waals surface area (Å²) in [4.78, 5) is 21.9. The Hall–Kier alpha value is -0.230. The van der Waals surface area contributed by atoms with E-state index >= 15 is 0 Å². The normalized spacial score (nSPS) is 11.6. The first-order chi connectivity index (χ1) is 12.6. The Morgan fingerprint density at radius 1 is 0.929 bits per heavy atom. The average molecular weight is 438 g/mol. The number of ether oxygens (including phenoxy) is 1. The summed E-state index contributed by atoms with van der Waals surface area (Å²) in [7, 11) is -4.67. The number of unbranched alkanes of at least 4 members (excludes halogenated alkanes) is 9. The maximum atomic E-state index is 11.4. The first-order valence-corrected chi connectivity index (χ1v) is 10.8. The maximum absolute atomic E-state index is 11.4. The van der Waals surface area contributed by atoms with E-state index < -0.39 is 22.4 Å². The molecule has 0 rings (SSSR count). The Morgan fingerprint density at radius 2 is 1.32 bits per heavy atom. The molecule has 1 atom stereocenters. The topological polar surface area (TPSA) is 164 Å². The van der Waals surface area contributed by atoms with Gasteiger partial charge in [-0.3, -0.25) is 18.7 Å². The molecule has 28 heavy (non-hydrogen) atoms. The van der Waals surface area contributed by atoms with Crippen LogP contribution in [0.5, 0.6) is 0 Å². The van der Waals surface area contributed by atoms with Crippen molar-refractivity contribution < 1.29 is 37.0 Å². The van der Waals surface area contributed by atoms with E-state index in [0.29, 0.717) is 6.61 Å². The SMILES string of the molecule is CCCCCCCCCCCCOC(=O)CC[C@H](N)C(=O)O.O=S(=O)(O)O.[NaH]. The van der Waals surface area contributed by atoms with E-state index in [9.17, 15) is 9.59 Å². The summed E-state index contributed by atoms with van der Waals surface area (Å²) >= 11 is 0. The summed E-state index contributed by atoms with van der Waals surface area (Å²) in [6.45, 7) is 2.66. The van der Waals surface area contributed by atoms with Crippen molar-refractivity contribution in [3.63, 3.8) is 0 Å². The second-order valence-electron chi connectivity index (χ2n) is 6.33. The molecule has 0 aromatic heterocycles. The van der Waals surface area contributed by atoms with Crippen LogP contribution in [0.25, 0.3) is 0 Å². The third-order valence-electron chi connectivity index (χ3n) is 3.74. The van der Waals surface area contributed by atoms with Crippen molar-refractivity contribution in [1.29, 1.82) is 0 Å². The summed E-state index contributed by atoms with van der Waals surface area (Å²) < 4.78 is 36.6. The van der Waals surface area contributed by atoms with Gasteiger partial charge in [0, 0.05) is 6.42 Å². The van der Waals surface area contributed by atoms with E-state index in [1.165, 1.54) is 51.4 Å². The summed E-state index contributed by atoms with van der Waals surface area (Å²) in [6, 6.07) is -0.982. The Bertz CT molecular complexity index is 480. The molecule has 0 unspecified atom stereocenters. The molecular formula is C17H36NNaO8S. The molecule has 0 aliphatic heterocycles. The summed E-state index contributed by atoms with van der Waals surface area (Å²) in [6.07, 6.45) is 12.6. The number of esters is 1. The number of aliphatic carboxylic acids is 1. The van der Waals surface area contributed by atoms with Gasteiger partial charge in [0.15, 0.2) is 0 Å². The number of carboxylic acids is 1. The van der Waals surface area contributed by atoms with Gasteiger partial charge in [-0.05, 0) is 12.8 Å². The number of carboxylic acid groups (broad SMARTS) is 1. The van der Waals surface area contributed by atoms with Crippen molar-refractivity contribution in [2.24, 2.45) is 5.73 Å². The number of nitrogens with two attached hydrogens (primary N) is 1. The van der Waals surface area contributed by atoms with Crippen LogP contribution in [0, 0.1) is 0 Å². The third-order valence-corrected chi connectivity index (χ3v) is 3.74. The quantitative estimate of drug-likeness (QED) is 0.130. The fourth-order valence-electron chi connectivity index (χ4n) is 2.24. The van der Waals surface area contributed by atoms with Crippen molar-refractivity contribution in [1.82, 2.24) is 0 Å². The summed E-state index contributed by atoms with van der Waals surface area (Å²) in [5.74, 6) is -1.44. The second kappa shape index (κ2) is 21.5. The Balaban J connectivity index is -0.000000918. The fraction of sp³-hybridized carbons (Fsp3) is 0.882. The number of hydrogen-bond acceptors (Lipinski definition) is 6. The van der Waals surface area contributed by atoms with Crippen molar-refractivity contribution in [3.05, 3.63) is 0 Å². The van der Waals surface area contributed by atoms with E-state index in [4.69, 9.17) is 33.1 Å². The van der Waals surface area contributed by atoms with Crippen molar-refractivity contribution in [2.75, 3.05) is 6.61 Å². The predicted octanol–water partition coefficient (Wildman–Crippen LogP) is 2.34. The standard InChI is InChI=1S/C17H33NO4.Na.H2O4S.H/c1-2-3-4-5-6-7-8-9-10-11-14-22-16(19)13-12-15(18)17(20)21;;1-5(2,3)4;/h15H,2-14,18H2,1H3,(H,20,21);;(H2,1,2,3,4);/t15-;;;/m0.../s1. The average Bonchev–Trinajstić information content (AvgIpc) is 2.55. The summed E-state index contributed by atoms with van der Waals surface area (Å²) in [5.41, 5.74) is 5.32. The van der Waals surface area contributed by atoms with Crippen LogP contribution >= 0.6 is 0 Å². The molecule has 0 aromatic rings. The van der Waals surface area contributed by atoms with Gasteiger partial charge in [-0.25, -0.2) is 0 Å². The number of rotatable bonds is 15. The van der Waals surface area contributed by atoms with E-state index in [0.717, 1.165) is 12.8 Å². The van der Waals surface area contributed by atoms with E-state index in [-0.39, 0.29) is 48.4 Å². The molecule has 5 N–H and O–H groups in total. The van der Waals surface area contributed by atoms with E-state index in [1.807, 2.05) is 0 Å². The van der Waals surface area contributed by atoms with Gasteiger partial charge in [0.05, 0.1) is 6.61 Å². The van der Waals surface area contributed by atoms with Crippen LogP contribution in [-0.4, -0.2) is 76.8 Å². The molecule has 9 nitrogen and oxygen atoms in total. The minimum atomic E-state index is -4.67. The van der Waals surface area contributed by atoms with Crippen molar-refractivity contribution >= 4 is 51.9 Å². The molecule has 0 fully saturated rings. The molecule has 164 valence electrons. The number of carbonyl (C=O) groups is 2. The molecule has 0 heterocycles. The molecular weight excluding hydrogens is 401 g/mol. The number of carbonyl (C=O) groups excluding carboxylic acids is 1.